The first-order valence-corrected chi connectivity index (χ1v) is 11.5. The second-order valence-electron chi connectivity index (χ2n) is 8.51. The van der Waals surface area contributed by atoms with Crippen LogP contribution in [0.4, 0.5) is 11.5 Å². The summed E-state index contributed by atoms with van der Waals surface area (Å²) in [5, 5.41) is 14.5. The van der Waals surface area contributed by atoms with Crippen molar-refractivity contribution < 1.29 is 9.21 Å². The fourth-order valence-corrected chi connectivity index (χ4v) is 3.86. The number of carbonyl (C=O) groups excluding carboxylic acids is 1. The number of anilines is 2. The van der Waals surface area contributed by atoms with Crippen molar-refractivity contribution in [1.29, 1.82) is 0 Å². The quantitative estimate of drug-likeness (QED) is 0.347. The highest BCUT2D eigenvalue weighted by atomic mass is 16.3. The van der Waals surface area contributed by atoms with Crippen LogP contribution in [0, 0.1) is 0 Å². The number of nitrogens with one attached hydrogen (secondary N) is 2. The molecule has 3 aromatic heterocycles. The molecule has 9 heteroatoms. The Morgan fingerprint density at radius 3 is 2.64 bits per heavy atom. The summed E-state index contributed by atoms with van der Waals surface area (Å²) in [6.07, 6.45) is 1.67. The Morgan fingerprint density at radius 1 is 1.03 bits per heavy atom. The average Bonchev–Trinajstić information content (AvgIpc) is 3.39. The normalized spacial score (nSPS) is 11.1. The van der Waals surface area contributed by atoms with Gasteiger partial charge in [0.05, 0.1) is 11.1 Å². The lowest BCUT2D eigenvalue weighted by molar-refractivity contribution is 0.0923. The van der Waals surface area contributed by atoms with Crippen LogP contribution in [-0.2, 0) is 6.54 Å². The van der Waals surface area contributed by atoms with Crippen LogP contribution >= 0.6 is 0 Å². The number of fused-ring (bicyclic) bond motifs is 1. The molecule has 1 amide bonds. The minimum absolute atomic E-state index is 0.0475. The van der Waals surface area contributed by atoms with Crippen LogP contribution in [0.2, 0.25) is 0 Å². The van der Waals surface area contributed by atoms with Crippen LogP contribution in [0.3, 0.4) is 0 Å². The van der Waals surface area contributed by atoms with Gasteiger partial charge in [-0.15, -0.1) is 10.2 Å². The molecule has 0 fully saturated rings. The first-order chi connectivity index (χ1) is 17.5. The number of carbonyl (C=O) groups is 1. The third-order valence-electron chi connectivity index (χ3n) is 5.64. The predicted molar refractivity (Wildman–Crippen MR) is 137 cm³/mol. The summed E-state index contributed by atoms with van der Waals surface area (Å²) in [5.74, 6) is 0.674. The van der Waals surface area contributed by atoms with E-state index in [1.165, 1.54) is 6.07 Å². The van der Waals surface area contributed by atoms with Gasteiger partial charge in [0, 0.05) is 18.7 Å². The smallest absolute Gasteiger partial charge is 0.287 e. The van der Waals surface area contributed by atoms with E-state index in [9.17, 15) is 9.59 Å². The van der Waals surface area contributed by atoms with Crippen molar-refractivity contribution in [2.45, 2.75) is 26.4 Å². The van der Waals surface area contributed by atoms with Crippen molar-refractivity contribution in [3.63, 3.8) is 0 Å². The maximum absolute atomic E-state index is 13.0. The molecule has 0 aliphatic heterocycles. The Morgan fingerprint density at radius 2 is 1.83 bits per heavy atom. The number of nitrogens with zero attached hydrogens (tertiary/aromatic N) is 4. The molecule has 9 nitrogen and oxygen atoms in total. The van der Waals surface area contributed by atoms with Gasteiger partial charge in [-0.1, -0.05) is 42.5 Å². The number of benzene rings is 2. The average molecular weight is 481 g/mol. The van der Waals surface area contributed by atoms with Gasteiger partial charge in [-0.25, -0.2) is 4.98 Å². The number of hydrogen-bond donors (Lipinski definition) is 2. The van der Waals surface area contributed by atoms with Gasteiger partial charge >= 0.3 is 0 Å². The van der Waals surface area contributed by atoms with Gasteiger partial charge in [-0.05, 0) is 43.7 Å². The Hall–Kier alpha value is -4.79. The third kappa shape index (κ3) is 4.72. The van der Waals surface area contributed by atoms with E-state index in [2.05, 4.69) is 25.8 Å². The number of pyridine rings is 1. The van der Waals surface area contributed by atoms with Crippen LogP contribution in [-0.4, -0.2) is 25.7 Å². The van der Waals surface area contributed by atoms with Crippen LogP contribution in [0.5, 0.6) is 0 Å². The van der Waals surface area contributed by atoms with Gasteiger partial charge < -0.3 is 19.6 Å². The molecule has 0 spiro atoms. The molecule has 0 atom stereocenters. The van der Waals surface area contributed by atoms with Crippen molar-refractivity contribution in [3.05, 3.63) is 101 Å². The summed E-state index contributed by atoms with van der Waals surface area (Å²) >= 11 is 0. The standard InChI is InChI=1S/C27H24N6O3/c1-17(2)33-16-29-32-26(33)20-11-7-13-24(31-20)30-19-10-6-12-22-25(19)21(34)14-23(36-22)27(35)28-15-18-8-4-3-5-9-18/h3-14,16-17H,15H2,1-2H3,(H,28,35)(H,30,31). The Bertz CT molecular complexity index is 1590. The first kappa shape index (κ1) is 23.0. The number of hydrogen-bond acceptors (Lipinski definition) is 7. The zero-order chi connectivity index (χ0) is 25.1. The first-order valence-electron chi connectivity index (χ1n) is 11.5. The summed E-state index contributed by atoms with van der Waals surface area (Å²) in [7, 11) is 0. The lowest BCUT2D eigenvalue weighted by atomic mass is 10.1. The van der Waals surface area contributed by atoms with E-state index in [0.717, 1.165) is 5.56 Å². The Balaban J connectivity index is 1.42. The molecule has 0 saturated heterocycles. The van der Waals surface area contributed by atoms with Gasteiger partial charge in [0.25, 0.3) is 5.91 Å². The van der Waals surface area contributed by atoms with Gasteiger partial charge in [0.1, 0.15) is 23.4 Å². The van der Waals surface area contributed by atoms with Crippen LogP contribution in [0.1, 0.15) is 36.0 Å². The zero-order valence-corrected chi connectivity index (χ0v) is 19.8. The molecule has 5 rings (SSSR count). The molecular weight excluding hydrogens is 456 g/mol. The number of amides is 1. The maximum Gasteiger partial charge on any atom is 0.287 e. The Labute approximate surface area is 206 Å². The van der Waals surface area contributed by atoms with Gasteiger partial charge in [-0.3, -0.25) is 9.59 Å². The maximum atomic E-state index is 13.0. The minimum atomic E-state index is -0.458. The summed E-state index contributed by atoms with van der Waals surface area (Å²) in [6.45, 7) is 4.41. The highest BCUT2D eigenvalue weighted by Crippen LogP contribution is 2.26. The molecule has 0 unspecified atom stereocenters. The molecule has 2 N–H and O–H groups in total. The van der Waals surface area contributed by atoms with Crippen LogP contribution in [0.25, 0.3) is 22.5 Å². The summed E-state index contributed by atoms with van der Waals surface area (Å²) in [4.78, 5) is 30.3. The van der Waals surface area contributed by atoms with Crippen molar-refractivity contribution in [1.82, 2.24) is 25.1 Å². The minimum Gasteiger partial charge on any atom is -0.451 e. The van der Waals surface area contributed by atoms with Crippen molar-refractivity contribution in [3.8, 4) is 11.5 Å². The van der Waals surface area contributed by atoms with Gasteiger partial charge in [-0.2, -0.15) is 0 Å². The topological polar surface area (TPSA) is 115 Å². The van der Waals surface area contributed by atoms with Gasteiger partial charge in [0.2, 0.25) is 0 Å². The summed E-state index contributed by atoms with van der Waals surface area (Å²) in [6, 6.07) is 21.6. The molecule has 36 heavy (non-hydrogen) atoms. The highest BCUT2D eigenvalue weighted by molar-refractivity contribution is 5.96. The van der Waals surface area contributed by atoms with E-state index < -0.39 is 5.91 Å². The van der Waals surface area contributed by atoms with E-state index in [1.54, 1.807) is 30.6 Å². The van der Waals surface area contributed by atoms with E-state index in [1.807, 2.05) is 60.9 Å². The Kier molecular flexibility index (Phi) is 6.27. The second kappa shape index (κ2) is 9.83. The van der Waals surface area contributed by atoms with Crippen LogP contribution < -0.4 is 16.1 Å². The number of aromatic nitrogens is 4. The molecule has 3 heterocycles. The fourth-order valence-electron chi connectivity index (χ4n) is 3.86. The van der Waals surface area contributed by atoms with Crippen molar-refractivity contribution in [2.24, 2.45) is 0 Å². The molecule has 0 aliphatic carbocycles. The summed E-state index contributed by atoms with van der Waals surface area (Å²) < 4.78 is 7.74. The van der Waals surface area contributed by atoms with Gasteiger partial charge in [0.15, 0.2) is 17.0 Å². The zero-order valence-electron chi connectivity index (χ0n) is 19.8. The molecule has 180 valence electrons. The molecule has 0 aliphatic rings. The predicted octanol–water partition coefficient (Wildman–Crippen LogP) is 4.70. The molecule has 5 aromatic rings. The van der Waals surface area contributed by atoms with Crippen LogP contribution in [0.15, 0.2) is 88.3 Å². The number of rotatable bonds is 7. The highest BCUT2D eigenvalue weighted by Gasteiger charge is 2.16. The molecule has 2 aromatic carbocycles. The third-order valence-corrected chi connectivity index (χ3v) is 5.64. The van der Waals surface area contributed by atoms with E-state index in [0.29, 0.717) is 40.5 Å². The lowest BCUT2D eigenvalue weighted by Gasteiger charge is -2.12. The monoisotopic (exact) mass is 480 g/mol. The molecule has 0 saturated carbocycles. The molecular formula is C27H24N6O3. The van der Waals surface area contributed by atoms with E-state index >= 15 is 0 Å². The fraction of sp³-hybridized carbons (Fsp3) is 0.148. The van der Waals surface area contributed by atoms with Crippen molar-refractivity contribution in [2.75, 3.05) is 5.32 Å². The van der Waals surface area contributed by atoms with E-state index in [4.69, 9.17) is 4.42 Å². The van der Waals surface area contributed by atoms with Crippen molar-refractivity contribution >= 4 is 28.4 Å². The lowest BCUT2D eigenvalue weighted by Crippen LogP contribution is -2.24. The molecule has 0 radical (unpaired) electrons. The molecule has 0 bridgehead atoms. The largest absolute Gasteiger partial charge is 0.451 e. The summed E-state index contributed by atoms with van der Waals surface area (Å²) in [5.41, 5.74) is 2.08. The SMILES string of the molecule is CC(C)n1cnnc1-c1cccc(Nc2cccc3oc(C(=O)NCc4ccccc4)cc(=O)c23)n1. The van der Waals surface area contributed by atoms with E-state index in [-0.39, 0.29) is 17.2 Å². The second-order valence-corrected chi connectivity index (χ2v) is 8.51.